The van der Waals surface area contributed by atoms with Gasteiger partial charge in [-0.2, -0.15) is 0 Å². The van der Waals surface area contributed by atoms with Gasteiger partial charge < -0.3 is 9.64 Å². The molecule has 7 heteroatoms. The van der Waals surface area contributed by atoms with Crippen molar-refractivity contribution in [3.8, 4) is 0 Å². The van der Waals surface area contributed by atoms with Crippen molar-refractivity contribution < 1.29 is 14.5 Å². The predicted octanol–water partition coefficient (Wildman–Crippen LogP) is 3.01. The third kappa shape index (κ3) is 3.40. The Hall–Kier alpha value is -3.48. The van der Waals surface area contributed by atoms with E-state index < -0.39 is 10.9 Å². The molecule has 126 valence electrons. The second kappa shape index (κ2) is 6.56. The second-order valence-electron chi connectivity index (χ2n) is 5.60. The highest BCUT2D eigenvalue weighted by molar-refractivity contribution is 6.14. The zero-order chi connectivity index (χ0) is 18.0. The maximum Gasteiger partial charge on any atom is 0.363 e. The van der Waals surface area contributed by atoms with Gasteiger partial charge in [-0.05, 0) is 29.8 Å². The average molecular weight is 337 g/mol. The Morgan fingerprint density at radius 2 is 1.80 bits per heavy atom. The lowest BCUT2D eigenvalue weighted by molar-refractivity contribution is -0.385. The molecular weight excluding hydrogens is 322 g/mol. The number of aliphatic imine (C=N–C) groups is 1. The van der Waals surface area contributed by atoms with E-state index in [9.17, 15) is 14.9 Å². The Kier molecular flexibility index (Phi) is 4.30. The van der Waals surface area contributed by atoms with Crippen LogP contribution in [0.3, 0.4) is 0 Å². The number of cyclic esters (lactones) is 1. The van der Waals surface area contributed by atoms with Crippen molar-refractivity contribution in [2.45, 2.75) is 0 Å². The molecule has 25 heavy (non-hydrogen) atoms. The number of hydrogen-bond acceptors (Lipinski definition) is 6. The number of carbonyl (C=O) groups is 1. The van der Waals surface area contributed by atoms with Crippen LogP contribution in [-0.4, -0.2) is 30.9 Å². The number of esters is 1. The lowest BCUT2D eigenvalue weighted by atomic mass is 10.1. The molecule has 0 saturated heterocycles. The van der Waals surface area contributed by atoms with Gasteiger partial charge in [0.25, 0.3) is 5.69 Å². The minimum atomic E-state index is -0.634. The summed E-state index contributed by atoms with van der Waals surface area (Å²) in [5, 5.41) is 11.1. The first-order valence-corrected chi connectivity index (χ1v) is 7.49. The Balaban J connectivity index is 1.94. The minimum absolute atomic E-state index is 0.0616. The first kappa shape index (κ1) is 16.4. The molecule has 0 radical (unpaired) electrons. The van der Waals surface area contributed by atoms with Crippen molar-refractivity contribution in [1.29, 1.82) is 0 Å². The lowest BCUT2D eigenvalue weighted by Crippen LogP contribution is -2.08. The van der Waals surface area contributed by atoms with Gasteiger partial charge in [-0.3, -0.25) is 10.1 Å². The highest BCUT2D eigenvalue weighted by atomic mass is 16.6. The molecule has 2 aromatic rings. The van der Waals surface area contributed by atoms with Crippen LogP contribution < -0.4 is 4.90 Å². The van der Waals surface area contributed by atoms with E-state index in [0.717, 1.165) is 11.3 Å². The monoisotopic (exact) mass is 337 g/mol. The van der Waals surface area contributed by atoms with Gasteiger partial charge in [-0.25, -0.2) is 9.79 Å². The van der Waals surface area contributed by atoms with Crippen molar-refractivity contribution in [3.05, 3.63) is 75.5 Å². The van der Waals surface area contributed by atoms with Gasteiger partial charge >= 0.3 is 5.97 Å². The predicted molar refractivity (Wildman–Crippen MR) is 94.5 cm³/mol. The third-order valence-electron chi connectivity index (χ3n) is 3.66. The van der Waals surface area contributed by atoms with Crippen LogP contribution in [0, 0.1) is 10.1 Å². The summed E-state index contributed by atoms with van der Waals surface area (Å²) in [6, 6.07) is 13.6. The van der Waals surface area contributed by atoms with Crippen LogP contribution in [0.25, 0.3) is 6.08 Å². The summed E-state index contributed by atoms with van der Waals surface area (Å²) in [5.74, 6) is -0.696. The number of benzene rings is 2. The Morgan fingerprint density at radius 3 is 2.44 bits per heavy atom. The van der Waals surface area contributed by atoms with Gasteiger partial charge in [0.15, 0.2) is 5.70 Å². The molecule has 0 N–H and O–H groups in total. The van der Waals surface area contributed by atoms with E-state index in [1.54, 1.807) is 18.2 Å². The molecule has 0 atom stereocenters. The standard InChI is InChI=1S/C18H15N3O4/c1-20(2)13-9-7-12(8-10-13)11-15-18(22)25-17(19-15)14-5-3-4-6-16(14)21(23)24/h3-11H,1-2H3/b15-11-. The van der Waals surface area contributed by atoms with E-state index in [4.69, 9.17) is 4.74 Å². The molecule has 0 bridgehead atoms. The summed E-state index contributed by atoms with van der Waals surface area (Å²) in [6.45, 7) is 0. The number of nitro benzene ring substituents is 1. The maximum atomic E-state index is 12.0. The number of anilines is 1. The smallest absolute Gasteiger partial charge is 0.363 e. The molecule has 7 nitrogen and oxygen atoms in total. The number of rotatable bonds is 4. The van der Waals surface area contributed by atoms with E-state index in [0.29, 0.717) is 0 Å². The highest BCUT2D eigenvalue weighted by Gasteiger charge is 2.28. The normalized spacial score (nSPS) is 15.0. The molecule has 0 fully saturated rings. The minimum Gasteiger partial charge on any atom is -0.402 e. The summed E-state index contributed by atoms with van der Waals surface area (Å²) in [5.41, 5.74) is 1.92. The fourth-order valence-corrected chi connectivity index (χ4v) is 2.36. The van der Waals surface area contributed by atoms with Crippen LogP contribution in [0.1, 0.15) is 11.1 Å². The quantitative estimate of drug-likeness (QED) is 0.370. The molecule has 0 aromatic heterocycles. The summed E-state index contributed by atoms with van der Waals surface area (Å²) in [6.07, 6.45) is 1.59. The lowest BCUT2D eigenvalue weighted by Gasteiger charge is -2.11. The van der Waals surface area contributed by atoms with Crippen molar-refractivity contribution in [3.63, 3.8) is 0 Å². The van der Waals surface area contributed by atoms with Gasteiger partial charge in [-0.1, -0.05) is 24.3 Å². The van der Waals surface area contributed by atoms with Gasteiger partial charge in [-0.15, -0.1) is 0 Å². The van der Waals surface area contributed by atoms with Crippen LogP contribution in [-0.2, 0) is 9.53 Å². The molecule has 0 aliphatic carbocycles. The molecule has 1 aliphatic heterocycles. The SMILES string of the molecule is CN(C)c1ccc(/C=C2\N=C(c3ccccc3[N+](=O)[O-])OC2=O)cc1. The van der Waals surface area contributed by atoms with Crippen LogP contribution in [0.15, 0.2) is 59.2 Å². The van der Waals surface area contributed by atoms with Crippen LogP contribution >= 0.6 is 0 Å². The first-order valence-electron chi connectivity index (χ1n) is 7.49. The molecule has 0 saturated carbocycles. The van der Waals surface area contributed by atoms with E-state index in [-0.39, 0.29) is 22.8 Å². The third-order valence-corrected chi connectivity index (χ3v) is 3.66. The highest BCUT2D eigenvalue weighted by Crippen LogP contribution is 2.25. The Bertz CT molecular complexity index is 899. The molecule has 1 aliphatic rings. The van der Waals surface area contributed by atoms with Crippen molar-refractivity contribution in [2.75, 3.05) is 19.0 Å². The largest absolute Gasteiger partial charge is 0.402 e. The van der Waals surface area contributed by atoms with Crippen LogP contribution in [0.4, 0.5) is 11.4 Å². The van der Waals surface area contributed by atoms with Gasteiger partial charge in [0.1, 0.15) is 5.56 Å². The molecule has 0 amide bonds. The zero-order valence-corrected chi connectivity index (χ0v) is 13.7. The molecule has 0 spiro atoms. The number of hydrogen-bond donors (Lipinski definition) is 0. The summed E-state index contributed by atoms with van der Waals surface area (Å²) < 4.78 is 5.12. The molecular formula is C18H15N3O4. The average Bonchev–Trinajstić information content (AvgIpc) is 2.96. The van der Waals surface area contributed by atoms with E-state index in [2.05, 4.69) is 4.99 Å². The Morgan fingerprint density at radius 1 is 1.12 bits per heavy atom. The molecule has 1 heterocycles. The van der Waals surface area contributed by atoms with Crippen molar-refractivity contribution in [1.82, 2.24) is 0 Å². The maximum absolute atomic E-state index is 12.0. The van der Waals surface area contributed by atoms with Gasteiger partial charge in [0.05, 0.1) is 4.92 Å². The number of carbonyl (C=O) groups excluding carboxylic acids is 1. The number of nitro groups is 1. The molecule has 2 aromatic carbocycles. The Labute approximate surface area is 144 Å². The fourth-order valence-electron chi connectivity index (χ4n) is 2.36. The summed E-state index contributed by atoms with van der Waals surface area (Å²) >= 11 is 0. The van der Waals surface area contributed by atoms with Gasteiger partial charge in [0, 0.05) is 25.8 Å². The van der Waals surface area contributed by atoms with E-state index >= 15 is 0 Å². The number of ether oxygens (including phenoxy) is 1. The van der Waals surface area contributed by atoms with Crippen molar-refractivity contribution in [2.24, 2.45) is 4.99 Å². The molecule has 3 rings (SSSR count). The summed E-state index contributed by atoms with van der Waals surface area (Å²) in [4.78, 5) is 28.7. The summed E-state index contributed by atoms with van der Waals surface area (Å²) in [7, 11) is 3.87. The van der Waals surface area contributed by atoms with Crippen LogP contribution in [0.2, 0.25) is 0 Å². The van der Waals surface area contributed by atoms with E-state index in [1.807, 2.05) is 43.3 Å². The first-order chi connectivity index (χ1) is 12.0. The van der Waals surface area contributed by atoms with E-state index in [1.165, 1.54) is 12.1 Å². The molecule has 0 unspecified atom stereocenters. The topological polar surface area (TPSA) is 85.0 Å². The van der Waals surface area contributed by atoms with Crippen molar-refractivity contribution >= 4 is 29.3 Å². The zero-order valence-electron chi connectivity index (χ0n) is 13.7. The second-order valence-corrected chi connectivity index (χ2v) is 5.60. The fraction of sp³-hybridized carbons (Fsp3) is 0.111. The van der Waals surface area contributed by atoms with Crippen LogP contribution in [0.5, 0.6) is 0 Å². The van der Waals surface area contributed by atoms with Gasteiger partial charge in [0.2, 0.25) is 5.90 Å². The number of nitrogens with zero attached hydrogens (tertiary/aromatic N) is 3. The number of para-hydroxylation sites is 1.